The lowest BCUT2D eigenvalue weighted by molar-refractivity contribution is -0.287. The first kappa shape index (κ1) is 23.2. The summed E-state index contributed by atoms with van der Waals surface area (Å²) in [4.78, 5) is 0. The first-order valence-corrected chi connectivity index (χ1v) is 11.6. The minimum Gasteiger partial charge on any atom is -0.394 e. The highest BCUT2D eigenvalue weighted by atomic mass is 16.9. The molecule has 0 aromatic heterocycles. The highest BCUT2D eigenvalue weighted by Gasteiger charge is 2.65. The molecule has 34 heavy (non-hydrogen) atoms. The predicted octanol–water partition coefficient (Wildman–Crippen LogP) is 3.59. The topological polar surface area (TPSA) is 77.4 Å². The number of aliphatic hydroxyl groups excluding tert-OH is 2. The van der Waals surface area contributed by atoms with E-state index in [-0.39, 0.29) is 13.2 Å². The van der Waals surface area contributed by atoms with Crippen LogP contribution in [0.4, 0.5) is 0 Å². The Labute approximate surface area is 199 Å². The Morgan fingerprint density at radius 3 is 1.71 bits per heavy atom. The molecule has 2 saturated heterocycles. The minimum atomic E-state index is -1.38. The molecule has 4 atom stereocenters. The monoisotopic (exact) mass is 462 g/mol. The predicted molar refractivity (Wildman–Crippen MR) is 126 cm³/mol. The second-order valence-electron chi connectivity index (χ2n) is 9.25. The number of aliphatic hydroxyl groups is 2. The molecule has 2 fully saturated rings. The molecule has 2 N–H and O–H groups in total. The van der Waals surface area contributed by atoms with Crippen LogP contribution in [0.15, 0.2) is 91.0 Å². The molecule has 0 unspecified atom stereocenters. The van der Waals surface area contributed by atoms with E-state index in [4.69, 9.17) is 18.9 Å². The SMILES string of the molecule is CC1(C)O[C@H]2[C@H](O)[C@@H](CO)O[C@@]2(COC(c2ccccc2)(c2ccccc2)c2ccccc2)O1. The van der Waals surface area contributed by atoms with Gasteiger partial charge in [0, 0.05) is 0 Å². The van der Waals surface area contributed by atoms with Gasteiger partial charge in [-0.25, -0.2) is 0 Å². The van der Waals surface area contributed by atoms with Crippen LogP contribution in [0.25, 0.3) is 0 Å². The quantitative estimate of drug-likeness (QED) is 0.523. The number of benzene rings is 3. The van der Waals surface area contributed by atoms with Crippen molar-refractivity contribution in [2.45, 2.75) is 49.3 Å². The van der Waals surface area contributed by atoms with E-state index in [2.05, 4.69) is 0 Å². The number of fused-ring (bicyclic) bond motifs is 1. The van der Waals surface area contributed by atoms with Gasteiger partial charge in [0.15, 0.2) is 5.79 Å². The lowest BCUT2D eigenvalue weighted by Gasteiger charge is -2.39. The van der Waals surface area contributed by atoms with Gasteiger partial charge in [-0.3, -0.25) is 0 Å². The maximum Gasteiger partial charge on any atom is 0.224 e. The Morgan fingerprint density at radius 2 is 1.26 bits per heavy atom. The molecule has 2 aliphatic rings. The van der Waals surface area contributed by atoms with Gasteiger partial charge in [-0.1, -0.05) is 91.0 Å². The highest BCUT2D eigenvalue weighted by Crippen LogP contribution is 2.48. The van der Waals surface area contributed by atoms with Crippen LogP contribution in [0.1, 0.15) is 30.5 Å². The van der Waals surface area contributed by atoms with Gasteiger partial charge in [-0.05, 0) is 30.5 Å². The molecule has 0 amide bonds. The summed E-state index contributed by atoms with van der Waals surface area (Å²) in [6, 6.07) is 30.0. The summed E-state index contributed by atoms with van der Waals surface area (Å²) in [6.45, 7) is 3.16. The van der Waals surface area contributed by atoms with Crippen molar-refractivity contribution in [1.82, 2.24) is 0 Å². The van der Waals surface area contributed by atoms with Crippen LogP contribution in [0.5, 0.6) is 0 Å². The van der Waals surface area contributed by atoms with Gasteiger partial charge < -0.3 is 29.2 Å². The molecule has 0 bridgehead atoms. The molecule has 178 valence electrons. The average Bonchev–Trinajstić information content (AvgIpc) is 3.28. The molecule has 3 aromatic carbocycles. The number of rotatable bonds is 7. The Bertz CT molecular complexity index is 991. The lowest BCUT2D eigenvalue weighted by Crippen LogP contribution is -2.48. The summed E-state index contributed by atoms with van der Waals surface area (Å²) in [6.07, 6.45) is -2.68. The zero-order chi connectivity index (χ0) is 23.8. The van der Waals surface area contributed by atoms with Gasteiger partial charge in [-0.15, -0.1) is 0 Å². The molecule has 2 aliphatic heterocycles. The third-order valence-corrected chi connectivity index (χ3v) is 6.52. The van der Waals surface area contributed by atoms with Crippen molar-refractivity contribution >= 4 is 0 Å². The summed E-state index contributed by atoms with van der Waals surface area (Å²) in [5.41, 5.74) is 1.84. The van der Waals surface area contributed by atoms with E-state index in [0.717, 1.165) is 16.7 Å². The normalized spacial score (nSPS) is 28.1. The summed E-state index contributed by atoms with van der Waals surface area (Å²) in [5.74, 6) is -2.36. The molecule has 6 nitrogen and oxygen atoms in total. The Hall–Kier alpha value is -2.58. The molecule has 0 spiro atoms. The molecule has 6 heteroatoms. The van der Waals surface area contributed by atoms with E-state index < -0.39 is 35.5 Å². The van der Waals surface area contributed by atoms with E-state index >= 15 is 0 Å². The van der Waals surface area contributed by atoms with Crippen molar-refractivity contribution in [2.75, 3.05) is 13.2 Å². The van der Waals surface area contributed by atoms with Crippen molar-refractivity contribution in [3.8, 4) is 0 Å². The Morgan fingerprint density at radius 1 is 0.794 bits per heavy atom. The van der Waals surface area contributed by atoms with Crippen LogP contribution < -0.4 is 0 Å². The fraction of sp³-hybridized carbons (Fsp3) is 0.357. The smallest absolute Gasteiger partial charge is 0.224 e. The van der Waals surface area contributed by atoms with Gasteiger partial charge in [-0.2, -0.15) is 0 Å². The van der Waals surface area contributed by atoms with Crippen LogP contribution in [0, 0.1) is 0 Å². The zero-order valence-electron chi connectivity index (χ0n) is 19.3. The number of ether oxygens (including phenoxy) is 4. The standard InChI is InChI=1S/C28H30O6/c1-26(2)33-25-24(30)23(18-29)32-27(25,34-26)19-31-28(20-12-6-3-7-13-20,21-14-8-4-9-15-21)22-16-10-5-11-17-22/h3-17,23-25,29-30H,18-19H2,1-2H3/t23-,24-,25+,27+/m1/s1. The molecule has 3 aromatic rings. The second kappa shape index (κ2) is 8.89. The van der Waals surface area contributed by atoms with Crippen molar-refractivity contribution in [2.24, 2.45) is 0 Å². The maximum absolute atomic E-state index is 10.8. The largest absolute Gasteiger partial charge is 0.394 e. The first-order valence-electron chi connectivity index (χ1n) is 11.6. The van der Waals surface area contributed by atoms with E-state index in [0.29, 0.717) is 0 Å². The highest BCUT2D eigenvalue weighted by molar-refractivity contribution is 5.47. The van der Waals surface area contributed by atoms with E-state index in [1.54, 1.807) is 13.8 Å². The Kier molecular flexibility index (Phi) is 6.06. The summed E-state index contributed by atoms with van der Waals surface area (Å²) < 4.78 is 25.2. The van der Waals surface area contributed by atoms with Crippen molar-refractivity contribution in [3.63, 3.8) is 0 Å². The van der Waals surface area contributed by atoms with Gasteiger partial charge in [0.1, 0.15) is 30.5 Å². The minimum absolute atomic E-state index is 0.0344. The maximum atomic E-state index is 10.8. The van der Waals surface area contributed by atoms with Gasteiger partial charge in [0.05, 0.1) is 6.61 Å². The third kappa shape index (κ3) is 3.86. The van der Waals surface area contributed by atoms with Gasteiger partial charge in [0.2, 0.25) is 5.79 Å². The van der Waals surface area contributed by atoms with E-state index in [1.165, 1.54) is 0 Å². The van der Waals surface area contributed by atoms with Crippen molar-refractivity contribution in [3.05, 3.63) is 108 Å². The first-order chi connectivity index (χ1) is 16.4. The van der Waals surface area contributed by atoms with Gasteiger partial charge in [0.25, 0.3) is 0 Å². The van der Waals surface area contributed by atoms with E-state index in [9.17, 15) is 10.2 Å². The molecular formula is C28H30O6. The van der Waals surface area contributed by atoms with Crippen LogP contribution >= 0.6 is 0 Å². The Balaban J connectivity index is 1.62. The molecule has 0 aliphatic carbocycles. The summed E-state index contributed by atoms with van der Waals surface area (Å²) >= 11 is 0. The fourth-order valence-electron chi connectivity index (χ4n) is 5.10. The van der Waals surface area contributed by atoms with Gasteiger partial charge >= 0.3 is 0 Å². The molecule has 0 saturated carbocycles. The van der Waals surface area contributed by atoms with E-state index in [1.807, 2.05) is 91.0 Å². The molecule has 2 heterocycles. The van der Waals surface area contributed by atoms with Crippen molar-refractivity contribution in [1.29, 1.82) is 0 Å². The zero-order valence-corrected chi connectivity index (χ0v) is 19.3. The molecular weight excluding hydrogens is 432 g/mol. The van der Waals surface area contributed by atoms with Crippen molar-refractivity contribution < 1.29 is 29.2 Å². The number of hydrogen-bond donors (Lipinski definition) is 2. The summed E-state index contributed by atoms with van der Waals surface area (Å²) in [7, 11) is 0. The number of hydrogen-bond acceptors (Lipinski definition) is 6. The lowest BCUT2D eigenvalue weighted by atomic mass is 9.80. The second-order valence-corrected chi connectivity index (χ2v) is 9.25. The average molecular weight is 463 g/mol. The fourth-order valence-corrected chi connectivity index (χ4v) is 5.10. The molecule has 0 radical (unpaired) electrons. The van der Waals surface area contributed by atoms with Crippen LogP contribution in [0.3, 0.4) is 0 Å². The van der Waals surface area contributed by atoms with Crippen LogP contribution in [0.2, 0.25) is 0 Å². The van der Waals surface area contributed by atoms with Crippen LogP contribution in [-0.4, -0.2) is 53.3 Å². The molecule has 5 rings (SSSR count). The van der Waals surface area contributed by atoms with Crippen LogP contribution in [-0.2, 0) is 24.5 Å². The third-order valence-electron chi connectivity index (χ3n) is 6.52. The summed E-state index contributed by atoms with van der Waals surface area (Å²) in [5, 5.41) is 20.6.